The molecule has 0 aliphatic rings. The molecule has 0 radical (unpaired) electrons. The van der Waals surface area contributed by atoms with Gasteiger partial charge >= 0.3 is 0 Å². The second kappa shape index (κ2) is 7.59. The van der Waals surface area contributed by atoms with E-state index in [0.717, 1.165) is 0 Å². The van der Waals surface area contributed by atoms with Crippen molar-refractivity contribution in [3.05, 3.63) is 29.6 Å². The topological polar surface area (TPSA) is 69.4 Å². The first-order valence-corrected chi connectivity index (χ1v) is 8.54. The lowest BCUT2D eigenvalue weighted by Crippen LogP contribution is -2.20. The molecule has 0 spiro atoms. The molecule has 0 heterocycles. The van der Waals surface area contributed by atoms with Gasteiger partial charge in [-0.25, -0.2) is 12.8 Å². The summed E-state index contributed by atoms with van der Waals surface area (Å²) in [6, 6.07) is 4.50. The zero-order valence-corrected chi connectivity index (χ0v) is 12.7. The maximum atomic E-state index is 13.8. The van der Waals surface area contributed by atoms with Crippen LogP contribution in [0.2, 0.25) is 0 Å². The third-order valence-electron chi connectivity index (χ3n) is 2.75. The number of nitrogens with two attached hydrogens (primary N) is 1. The molecule has 114 valence electrons. The molecule has 0 aliphatic carbocycles. The standard InChI is InChI=1S/C14H22FNO3S/c1-3-8-20(17,18)9-7-19-14-12(10-11(2)16)5-4-6-13(14)15/h4-6,11H,3,7-10,16H2,1-2H3. The molecule has 20 heavy (non-hydrogen) atoms. The first kappa shape index (κ1) is 16.9. The van der Waals surface area contributed by atoms with Gasteiger partial charge in [-0.2, -0.15) is 0 Å². The molecule has 1 atom stereocenters. The molecule has 1 rings (SSSR count). The monoisotopic (exact) mass is 303 g/mol. The molecule has 1 aromatic rings. The Morgan fingerprint density at radius 3 is 2.65 bits per heavy atom. The van der Waals surface area contributed by atoms with Crippen LogP contribution in [0, 0.1) is 5.82 Å². The van der Waals surface area contributed by atoms with Crippen molar-refractivity contribution in [1.82, 2.24) is 0 Å². The van der Waals surface area contributed by atoms with Gasteiger partial charge in [0.25, 0.3) is 0 Å². The predicted octanol–water partition coefficient (Wildman–Crippen LogP) is 1.92. The van der Waals surface area contributed by atoms with Crippen molar-refractivity contribution < 1.29 is 17.5 Å². The summed E-state index contributed by atoms with van der Waals surface area (Å²) in [6.45, 7) is 3.58. The predicted molar refractivity (Wildman–Crippen MR) is 78.2 cm³/mol. The molecule has 4 nitrogen and oxygen atoms in total. The fraction of sp³-hybridized carbons (Fsp3) is 0.571. The van der Waals surface area contributed by atoms with Crippen LogP contribution in [-0.2, 0) is 16.3 Å². The molecule has 6 heteroatoms. The number of para-hydroxylation sites is 1. The van der Waals surface area contributed by atoms with Gasteiger partial charge in [-0.3, -0.25) is 0 Å². The molecule has 0 amide bonds. The van der Waals surface area contributed by atoms with Crippen molar-refractivity contribution in [3.8, 4) is 5.75 Å². The molecule has 0 saturated carbocycles. The van der Waals surface area contributed by atoms with Crippen LogP contribution < -0.4 is 10.5 Å². The minimum atomic E-state index is -3.12. The Labute approximate surface area is 120 Å². The van der Waals surface area contributed by atoms with E-state index >= 15 is 0 Å². The Morgan fingerprint density at radius 2 is 2.05 bits per heavy atom. The fourth-order valence-electron chi connectivity index (χ4n) is 1.91. The van der Waals surface area contributed by atoms with Crippen LogP contribution in [0.25, 0.3) is 0 Å². The summed E-state index contributed by atoms with van der Waals surface area (Å²) in [4.78, 5) is 0. The van der Waals surface area contributed by atoms with E-state index in [1.165, 1.54) is 6.07 Å². The van der Waals surface area contributed by atoms with Crippen LogP contribution in [0.1, 0.15) is 25.8 Å². The Hall–Kier alpha value is -1.14. The lowest BCUT2D eigenvalue weighted by molar-refractivity contribution is 0.318. The highest BCUT2D eigenvalue weighted by Gasteiger charge is 2.14. The molecule has 1 aromatic carbocycles. The van der Waals surface area contributed by atoms with E-state index in [1.54, 1.807) is 19.1 Å². The molecule has 0 saturated heterocycles. The summed E-state index contributed by atoms with van der Waals surface area (Å²) >= 11 is 0. The van der Waals surface area contributed by atoms with Gasteiger partial charge in [-0.05, 0) is 31.4 Å². The van der Waals surface area contributed by atoms with Crippen LogP contribution in [0.5, 0.6) is 5.75 Å². The minimum Gasteiger partial charge on any atom is -0.489 e. The van der Waals surface area contributed by atoms with Gasteiger partial charge < -0.3 is 10.5 Å². The highest BCUT2D eigenvalue weighted by Crippen LogP contribution is 2.23. The second-order valence-electron chi connectivity index (χ2n) is 4.91. The zero-order valence-electron chi connectivity index (χ0n) is 11.9. The summed E-state index contributed by atoms with van der Waals surface area (Å²) in [5, 5.41) is 0. The van der Waals surface area contributed by atoms with Gasteiger partial charge in [0, 0.05) is 6.04 Å². The quantitative estimate of drug-likeness (QED) is 0.796. The maximum Gasteiger partial charge on any atom is 0.165 e. The molecule has 0 fully saturated rings. The van der Waals surface area contributed by atoms with E-state index in [2.05, 4.69) is 0 Å². The third kappa shape index (κ3) is 5.46. The summed E-state index contributed by atoms with van der Waals surface area (Å²) in [7, 11) is -3.12. The number of sulfone groups is 1. The summed E-state index contributed by atoms with van der Waals surface area (Å²) in [5.41, 5.74) is 6.37. The van der Waals surface area contributed by atoms with Gasteiger partial charge in [-0.15, -0.1) is 0 Å². The molecule has 1 unspecified atom stereocenters. The Kier molecular flexibility index (Phi) is 6.42. The van der Waals surface area contributed by atoms with Gasteiger partial charge in [0.2, 0.25) is 0 Å². The number of ether oxygens (including phenoxy) is 1. The molecule has 0 aliphatic heterocycles. The van der Waals surface area contributed by atoms with Crippen molar-refractivity contribution in [2.75, 3.05) is 18.1 Å². The SMILES string of the molecule is CCCS(=O)(=O)CCOc1c(F)cccc1CC(C)N. The van der Waals surface area contributed by atoms with Crippen LogP contribution >= 0.6 is 0 Å². The molecular formula is C14H22FNO3S. The van der Waals surface area contributed by atoms with Crippen molar-refractivity contribution in [1.29, 1.82) is 0 Å². The highest BCUT2D eigenvalue weighted by molar-refractivity contribution is 7.91. The summed E-state index contributed by atoms with van der Waals surface area (Å²) < 4.78 is 42.2. The van der Waals surface area contributed by atoms with Crippen LogP contribution in [0.15, 0.2) is 18.2 Å². The lowest BCUT2D eigenvalue weighted by Gasteiger charge is -2.14. The van der Waals surface area contributed by atoms with Crippen molar-refractivity contribution in [2.45, 2.75) is 32.7 Å². The molecular weight excluding hydrogens is 281 g/mol. The van der Waals surface area contributed by atoms with Gasteiger partial charge in [0.1, 0.15) is 6.61 Å². The Morgan fingerprint density at radius 1 is 1.35 bits per heavy atom. The number of rotatable bonds is 8. The second-order valence-corrected chi connectivity index (χ2v) is 7.21. The van der Waals surface area contributed by atoms with Crippen LogP contribution in [0.4, 0.5) is 4.39 Å². The number of benzene rings is 1. The number of hydrogen-bond acceptors (Lipinski definition) is 4. The van der Waals surface area contributed by atoms with E-state index < -0.39 is 15.7 Å². The molecule has 2 N–H and O–H groups in total. The van der Waals surface area contributed by atoms with Gasteiger partial charge in [0.05, 0.1) is 11.5 Å². The Bertz CT molecular complexity index is 529. The molecule has 0 bridgehead atoms. The van der Waals surface area contributed by atoms with Gasteiger partial charge in [0.15, 0.2) is 21.4 Å². The van der Waals surface area contributed by atoms with E-state index in [4.69, 9.17) is 10.5 Å². The zero-order chi connectivity index (χ0) is 15.2. The van der Waals surface area contributed by atoms with Crippen LogP contribution in [-0.4, -0.2) is 32.6 Å². The van der Waals surface area contributed by atoms with E-state index in [-0.39, 0.29) is 29.9 Å². The first-order chi connectivity index (χ1) is 9.35. The Balaban J connectivity index is 2.72. The van der Waals surface area contributed by atoms with Crippen molar-refractivity contribution in [2.24, 2.45) is 5.73 Å². The highest BCUT2D eigenvalue weighted by atomic mass is 32.2. The van der Waals surface area contributed by atoms with Crippen molar-refractivity contribution in [3.63, 3.8) is 0 Å². The average Bonchev–Trinajstić information content (AvgIpc) is 2.31. The maximum absolute atomic E-state index is 13.8. The number of halogens is 1. The van der Waals surface area contributed by atoms with E-state index in [0.29, 0.717) is 18.4 Å². The lowest BCUT2D eigenvalue weighted by atomic mass is 10.1. The first-order valence-electron chi connectivity index (χ1n) is 6.72. The third-order valence-corrected chi connectivity index (χ3v) is 4.57. The fourth-order valence-corrected chi connectivity index (χ4v) is 3.07. The van der Waals surface area contributed by atoms with Gasteiger partial charge in [-0.1, -0.05) is 19.1 Å². The van der Waals surface area contributed by atoms with Crippen molar-refractivity contribution >= 4 is 9.84 Å². The average molecular weight is 303 g/mol. The van der Waals surface area contributed by atoms with E-state index in [9.17, 15) is 12.8 Å². The summed E-state index contributed by atoms with van der Waals surface area (Å²) in [5.74, 6) is -0.361. The minimum absolute atomic E-state index is 0.0464. The smallest absolute Gasteiger partial charge is 0.165 e. The number of hydrogen-bond donors (Lipinski definition) is 1. The van der Waals surface area contributed by atoms with E-state index in [1.807, 2.05) is 6.92 Å². The normalized spacial score (nSPS) is 13.2. The summed E-state index contributed by atoms with van der Waals surface area (Å²) in [6.07, 6.45) is 1.05. The molecule has 0 aromatic heterocycles. The van der Waals surface area contributed by atoms with Crippen LogP contribution in [0.3, 0.4) is 0 Å². The largest absolute Gasteiger partial charge is 0.489 e.